The van der Waals surface area contributed by atoms with Crippen LogP contribution in [-0.4, -0.2) is 20.9 Å². The molecule has 0 aliphatic carbocycles. The maximum atomic E-state index is 5.74. The van der Waals surface area contributed by atoms with Gasteiger partial charge in [0, 0.05) is 23.8 Å². The third kappa shape index (κ3) is 2.83. The van der Waals surface area contributed by atoms with E-state index < -0.39 is 0 Å². The van der Waals surface area contributed by atoms with E-state index in [0.717, 1.165) is 5.69 Å². The molecule has 0 saturated carbocycles. The van der Waals surface area contributed by atoms with Crippen LogP contribution >= 0.6 is 12.2 Å². The summed E-state index contributed by atoms with van der Waals surface area (Å²) >= 11 is 4.64. The monoisotopic (exact) mass is 260 g/mol. The molecule has 0 atom stereocenters. The van der Waals surface area contributed by atoms with Crippen LogP contribution in [0.25, 0.3) is 5.69 Å². The molecule has 0 amide bonds. The molecule has 2 rings (SSSR count). The summed E-state index contributed by atoms with van der Waals surface area (Å²) in [6.07, 6.45) is 5.02. The molecule has 6 nitrogen and oxygen atoms in total. The highest BCUT2D eigenvalue weighted by atomic mass is 32.1. The maximum Gasteiger partial charge on any atom is 0.184 e. The molecule has 0 unspecified atom stereocenters. The van der Waals surface area contributed by atoms with Gasteiger partial charge in [0.15, 0.2) is 10.9 Å². The van der Waals surface area contributed by atoms with E-state index >= 15 is 0 Å². The molecule has 0 saturated heterocycles. The fourth-order valence-electron chi connectivity index (χ4n) is 1.46. The number of nitrogens with zero attached hydrogens (tertiary/aromatic N) is 3. The van der Waals surface area contributed by atoms with Gasteiger partial charge in [-0.25, -0.2) is 4.98 Å². The number of benzene rings is 1. The number of nitrogen functional groups attached to an aromatic ring is 1. The molecule has 18 heavy (non-hydrogen) atoms. The first-order valence-electron chi connectivity index (χ1n) is 5.14. The average Bonchev–Trinajstić information content (AvgIpc) is 2.77. The summed E-state index contributed by atoms with van der Waals surface area (Å²) < 4.78 is 1.85. The van der Waals surface area contributed by atoms with Crippen molar-refractivity contribution in [1.82, 2.24) is 15.0 Å². The zero-order valence-corrected chi connectivity index (χ0v) is 10.3. The van der Waals surface area contributed by atoms with Gasteiger partial charge < -0.3 is 11.5 Å². The second kappa shape index (κ2) is 5.28. The van der Waals surface area contributed by atoms with Crippen LogP contribution in [-0.2, 0) is 0 Å². The van der Waals surface area contributed by atoms with Gasteiger partial charge in [0.1, 0.15) is 0 Å². The van der Waals surface area contributed by atoms with Crippen LogP contribution in [0.2, 0.25) is 0 Å². The Balaban J connectivity index is 2.27. The standard InChI is InChI=1S/C11H12N6S/c12-8-2-1-3-9(6-8)17-5-4-14-10(17)7-15-16-11(13)18/h1-7H,12H2,(H3,13,16,18). The summed E-state index contributed by atoms with van der Waals surface area (Å²) in [5.74, 6) is 0.643. The number of hydrogen-bond donors (Lipinski definition) is 3. The fourth-order valence-corrected chi connectivity index (χ4v) is 1.51. The zero-order chi connectivity index (χ0) is 13.0. The second-order valence-corrected chi connectivity index (χ2v) is 3.92. The Kier molecular flexibility index (Phi) is 3.54. The number of rotatable bonds is 3. The van der Waals surface area contributed by atoms with Crippen molar-refractivity contribution in [3.05, 3.63) is 42.5 Å². The van der Waals surface area contributed by atoms with Crippen molar-refractivity contribution in [3.63, 3.8) is 0 Å². The normalized spacial score (nSPS) is 10.7. The van der Waals surface area contributed by atoms with E-state index in [1.54, 1.807) is 6.20 Å². The molecule has 92 valence electrons. The van der Waals surface area contributed by atoms with E-state index in [1.165, 1.54) is 6.21 Å². The highest BCUT2D eigenvalue weighted by Gasteiger charge is 2.02. The van der Waals surface area contributed by atoms with E-state index in [2.05, 4.69) is 27.7 Å². The Bertz CT molecular complexity index is 589. The van der Waals surface area contributed by atoms with Gasteiger partial charge in [0.05, 0.1) is 6.21 Å². The van der Waals surface area contributed by atoms with Crippen LogP contribution in [0.3, 0.4) is 0 Å². The van der Waals surface area contributed by atoms with Crippen LogP contribution in [0, 0.1) is 0 Å². The molecule has 1 aromatic heterocycles. The first-order chi connectivity index (χ1) is 8.66. The maximum absolute atomic E-state index is 5.74. The SMILES string of the molecule is NC(=S)NN=Cc1nccn1-c1cccc(N)c1. The van der Waals surface area contributed by atoms with E-state index in [-0.39, 0.29) is 5.11 Å². The predicted octanol–water partition coefficient (Wildman–Crippen LogP) is 0.622. The van der Waals surface area contributed by atoms with Crippen LogP contribution < -0.4 is 16.9 Å². The smallest absolute Gasteiger partial charge is 0.184 e. The summed E-state index contributed by atoms with van der Waals surface area (Å²) in [6, 6.07) is 7.47. The van der Waals surface area contributed by atoms with Crippen LogP contribution in [0.4, 0.5) is 5.69 Å². The molecule has 0 bridgehead atoms. The molecule has 0 radical (unpaired) electrons. The van der Waals surface area contributed by atoms with Gasteiger partial charge in [-0.15, -0.1) is 0 Å². The van der Waals surface area contributed by atoms with Crippen molar-refractivity contribution >= 4 is 29.2 Å². The van der Waals surface area contributed by atoms with Gasteiger partial charge >= 0.3 is 0 Å². The van der Waals surface area contributed by atoms with Crippen molar-refractivity contribution in [2.24, 2.45) is 10.8 Å². The van der Waals surface area contributed by atoms with Crippen molar-refractivity contribution < 1.29 is 0 Å². The topological polar surface area (TPSA) is 94.2 Å². The number of imidazole rings is 1. The summed E-state index contributed by atoms with van der Waals surface area (Å²) in [5, 5.41) is 3.97. The molecule has 1 heterocycles. The Morgan fingerprint density at radius 2 is 2.33 bits per heavy atom. The molecule has 0 spiro atoms. The van der Waals surface area contributed by atoms with Crippen LogP contribution in [0.1, 0.15) is 5.82 Å². The van der Waals surface area contributed by atoms with Crippen LogP contribution in [0.5, 0.6) is 0 Å². The molecule has 0 aliphatic rings. The fraction of sp³-hybridized carbons (Fsp3) is 0. The van der Waals surface area contributed by atoms with Gasteiger partial charge in [-0.2, -0.15) is 5.10 Å². The summed E-state index contributed by atoms with van der Waals surface area (Å²) in [5.41, 5.74) is 15.1. The lowest BCUT2D eigenvalue weighted by Crippen LogP contribution is -2.24. The third-order valence-electron chi connectivity index (χ3n) is 2.17. The van der Waals surface area contributed by atoms with E-state index in [0.29, 0.717) is 11.5 Å². The minimum absolute atomic E-state index is 0.105. The number of anilines is 1. The molecule has 1 aromatic carbocycles. The number of nitrogens with two attached hydrogens (primary N) is 2. The number of thiocarbonyl (C=S) groups is 1. The van der Waals surface area contributed by atoms with Crippen molar-refractivity contribution in [3.8, 4) is 5.69 Å². The van der Waals surface area contributed by atoms with Gasteiger partial charge in [0.2, 0.25) is 0 Å². The Hall–Kier alpha value is -2.41. The third-order valence-corrected chi connectivity index (χ3v) is 2.26. The van der Waals surface area contributed by atoms with E-state index in [9.17, 15) is 0 Å². The van der Waals surface area contributed by atoms with Crippen molar-refractivity contribution in [1.29, 1.82) is 0 Å². The molecule has 0 fully saturated rings. The lowest BCUT2D eigenvalue weighted by Gasteiger charge is -2.05. The minimum Gasteiger partial charge on any atom is -0.399 e. The summed E-state index contributed by atoms with van der Waals surface area (Å²) in [7, 11) is 0. The van der Waals surface area contributed by atoms with Gasteiger partial charge in [0.25, 0.3) is 0 Å². The number of hydrogen-bond acceptors (Lipinski definition) is 4. The minimum atomic E-state index is 0.105. The highest BCUT2D eigenvalue weighted by Crippen LogP contribution is 2.13. The summed E-state index contributed by atoms with van der Waals surface area (Å²) in [6.45, 7) is 0. The molecule has 7 heteroatoms. The van der Waals surface area contributed by atoms with Gasteiger partial charge in [-0.3, -0.25) is 9.99 Å². The summed E-state index contributed by atoms with van der Waals surface area (Å²) in [4.78, 5) is 4.17. The first kappa shape index (κ1) is 12.1. The number of hydrazone groups is 1. The highest BCUT2D eigenvalue weighted by molar-refractivity contribution is 7.80. The van der Waals surface area contributed by atoms with Gasteiger partial charge in [-0.1, -0.05) is 6.07 Å². The number of aromatic nitrogens is 2. The lowest BCUT2D eigenvalue weighted by atomic mass is 10.3. The second-order valence-electron chi connectivity index (χ2n) is 3.48. The average molecular weight is 260 g/mol. The quantitative estimate of drug-likeness (QED) is 0.325. The Morgan fingerprint density at radius 1 is 1.50 bits per heavy atom. The first-order valence-corrected chi connectivity index (χ1v) is 5.55. The van der Waals surface area contributed by atoms with Crippen molar-refractivity contribution in [2.45, 2.75) is 0 Å². The Labute approximate surface area is 109 Å². The number of nitrogens with one attached hydrogen (secondary N) is 1. The molecular formula is C11H12N6S. The Morgan fingerprint density at radius 3 is 3.06 bits per heavy atom. The zero-order valence-electron chi connectivity index (χ0n) is 9.45. The van der Waals surface area contributed by atoms with Crippen molar-refractivity contribution in [2.75, 3.05) is 5.73 Å². The van der Waals surface area contributed by atoms with Gasteiger partial charge in [-0.05, 0) is 30.4 Å². The predicted molar refractivity (Wildman–Crippen MR) is 75.5 cm³/mol. The van der Waals surface area contributed by atoms with Crippen LogP contribution in [0.15, 0.2) is 41.8 Å². The van der Waals surface area contributed by atoms with E-state index in [4.69, 9.17) is 11.5 Å². The lowest BCUT2D eigenvalue weighted by molar-refractivity contribution is 1.01. The molecule has 2 aromatic rings. The largest absolute Gasteiger partial charge is 0.399 e. The molecule has 0 aliphatic heterocycles. The van der Waals surface area contributed by atoms with E-state index in [1.807, 2.05) is 35.0 Å². The molecular weight excluding hydrogens is 248 g/mol. The molecule has 5 N–H and O–H groups in total.